The Balaban J connectivity index is 1.14. The van der Waals surface area contributed by atoms with Crippen molar-refractivity contribution in [3.63, 3.8) is 0 Å². The smallest absolute Gasteiger partial charge is 0.326 e. The monoisotopic (exact) mass is 459 g/mol. The molecule has 0 radical (unpaired) electrons. The van der Waals surface area contributed by atoms with Crippen molar-refractivity contribution in [3.05, 3.63) is 0 Å². The fraction of sp³-hybridized carbons (Fsp3) is 0.840. The molecule has 5 saturated carbocycles. The number of urea groups is 1. The molecule has 4 bridgehead atoms. The molecule has 0 aromatic rings. The SMILES string of the molecule is C[C@H]1CC(C)(C)C[C@]2(C1)NC(=O)N(CC(=O)OCC(=O)NC13CC4CC(CC(C4)C1)C3)C2=O. The minimum Gasteiger partial charge on any atom is -0.454 e. The van der Waals surface area contributed by atoms with Crippen LogP contribution in [-0.4, -0.2) is 52.9 Å². The molecule has 5 aliphatic carbocycles. The molecule has 33 heavy (non-hydrogen) atoms. The van der Waals surface area contributed by atoms with Crippen LogP contribution in [0.25, 0.3) is 0 Å². The van der Waals surface area contributed by atoms with Gasteiger partial charge in [0.2, 0.25) is 0 Å². The fourth-order valence-corrected chi connectivity index (χ4v) is 8.57. The first-order valence-corrected chi connectivity index (χ1v) is 12.6. The van der Waals surface area contributed by atoms with Crippen LogP contribution in [0, 0.1) is 29.1 Å². The van der Waals surface area contributed by atoms with Gasteiger partial charge in [-0.3, -0.25) is 19.3 Å². The predicted molar refractivity (Wildman–Crippen MR) is 120 cm³/mol. The molecule has 1 heterocycles. The van der Waals surface area contributed by atoms with Gasteiger partial charge in [-0.15, -0.1) is 0 Å². The van der Waals surface area contributed by atoms with Gasteiger partial charge in [-0.05, 0) is 86.9 Å². The lowest BCUT2D eigenvalue weighted by Gasteiger charge is -2.56. The summed E-state index contributed by atoms with van der Waals surface area (Å²) >= 11 is 0. The van der Waals surface area contributed by atoms with Crippen LogP contribution in [0.1, 0.15) is 78.6 Å². The zero-order valence-corrected chi connectivity index (χ0v) is 20.1. The number of nitrogens with one attached hydrogen (secondary N) is 2. The standard InChI is InChI=1S/C25H37N3O5/c1-15-7-23(2,3)14-25(8-15)21(31)28(22(32)27-25)12-20(30)33-13-19(29)26-24-9-16-4-17(10-24)6-18(5-16)11-24/h15-18H,4-14H2,1-3H3,(H,26,29)(H,27,32)/t15-,16?,17?,18?,24?,25-/m0/s1. The minimum absolute atomic E-state index is 0.0769. The van der Waals surface area contributed by atoms with E-state index in [1.807, 2.05) is 0 Å². The number of nitrogens with zero attached hydrogens (tertiary/aromatic N) is 1. The van der Waals surface area contributed by atoms with Gasteiger partial charge in [0.1, 0.15) is 12.1 Å². The van der Waals surface area contributed by atoms with E-state index >= 15 is 0 Å². The summed E-state index contributed by atoms with van der Waals surface area (Å²) in [5.41, 5.74) is -1.17. The minimum atomic E-state index is -0.950. The third kappa shape index (κ3) is 4.26. The lowest BCUT2D eigenvalue weighted by atomic mass is 9.53. The first-order chi connectivity index (χ1) is 15.5. The van der Waals surface area contributed by atoms with E-state index in [0.29, 0.717) is 30.6 Å². The van der Waals surface area contributed by atoms with Crippen molar-refractivity contribution < 1.29 is 23.9 Å². The van der Waals surface area contributed by atoms with Crippen molar-refractivity contribution in [2.24, 2.45) is 29.1 Å². The Kier molecular flexibility index (Phi) is 5.29. The van der Waals surface area contributed by atoms with Crippen molar-refractivity contribution >= 4 is 23.8 Å². The molecule has 2 atom stereocenters. The van der Waals surface area contributed by atoms with E-state index in [0.717, 1.165) is 30.6 Å². The van der Waals surface area contributed by atoms with Crippen LogP contribution < -0.4 is 10.6 Å². The van der Waals surface area contributed by atoms with Crippen LogP contribution in [0.2, 0.25) is 0 Å². The van der Waals surface area contributed by atoms with E-state index in [1.54, 1.807) is 0 Å². The highest BCUT2D eigenvalue weighted by Crippen LogP contribution is 2.55. The highest BCUT2D eigenvalue weighted by Gasteiger charge is 2.56. The summed E-state index contributed by atoms with van der Waals surface area (Å²) in [5.74, 6) is 1.03. The summed E-state index contributed by atoms with van der Waals surface area (Å²) in [6.07, 6.45) is 9.04. The lowest BCUT2D eigenvalue weighted by molar-refractivity contribution is -0.152. The van der Waals surface area contributed by atoms with Crippen molar-refractivity contribution in [1.82, 2.24) is 15.5 Å². The summed E-state index contributed by atoms with van der Waals surface area (Å²) in [7, 11) is 0. The van der Waals surface area contributed by atoms with Crippen molar-refractivity contribution in [3.8, 4) is 0 Å². The van der Waals surface area contributed by atoms with Gasteiger partial charge in [0, 0.05) is 5.54 Å². The maximum absolute atomic E-state index is 13.2. The number of amides is 4. The summed E-state index contributed by atoms with van der Waals surface area (Å²) < 4.78 is 5.19. The third-order valence-corrected chi connectivity index (χ3v) is 8.72. The van der Waals surface area contributed by atoms with Gasteiger partial charge in [0.15, 0.2) is 6.61 Å². The first-order valence-electron chi connectivity index (χ1n) is 12.6. The highest BCUT2D eigenvalue weighted by atomic mass is 16.5. The number of hydrogen-bond donors (Lipinski definition) is 2. The Morgan fingerprint density at radius 3 is 2.21 bits per heavy atom. The second-order valence-corrected chi connectivity index (χ2v) is 12.7. The number of carbonyl (C=O) groups excluding carboxylic acids is 4. The molecule has 182 valence electrons. The average Bonchev–Trinajstić information content (AvgIpc) is 2.86. The Labute approximate surface area is 195 Å². The molecular formula is C25H37N3O5. The molecule has 1 saturated heterocycles. The molecule has 8 nitrogen and oxygen atoms in total. The Morgan fingerprint density at radius 1 is 1.03 bits per heavy atom. The summed E-state index contributed by atoms with van der Waals surface area (Å²) in [5, 5.41) is 6.04. The van der Waals surface area contributed by atoms with Crippen molar-refractivity contribution in [2.75, 3.05) is 13.2 Å². The van der Waals surface area contributed by atoms with Gasteiger partial charge in [-0.2, -0.15) is 0 Å². The summed E-state index contributed by atoms with van der Waals surface area (Å²) in [4.78, 5) is 51.7. The number of imide groups is 1. The van der Waals surface area contributed by atoms with E-state index in [2.05, 4.69) is 31.4 Å². The zero-order valence-electron chi connectivity index (χ0n) is 20.1. The number of carbonyl (C=O) groups is 4. The Morgan fingerprint density at radius 2 is 1.64 bits per heavy atom. The second-order valence-electron chi connectivity index (χ2n) is 12.7. The molecule has 4 amide bonds. The van der Waals surface area contributed by atoms with Crippen molar-refractivity contribution in [1.29, 1.82) is 0 Å². The first kappa shape index (κ1) is 22.7. The Bertz CT molecular complexity index is 848. The number of ether oxygens (including phenoxy) is 1. The summed E-state index contributed by atoms with van der Waals surface area (Å²) in [6, 6.07) is -0.556. The average molecular weight is 460 g/mol. The molecule has 2 N–H and O–H groups in total. The van der Waals surface area contributed by atoms with Crippen LogP contribution in [0.4, 0.5) is 4.79 Å². The largest absolute Gasteiger partial charge is 0.454 e. The van der Waals surface area contributed by atoms with Crippen LogP contribution in [0.5, 0.6) is 0 Å². The fourth-order valence-electron chi connectivity index (χ4n) is 8.57. The third-order valence-electron chi connectivity index (χ3n) is 8.72. The maximum atomic E-state index is 13.2. The van der Waals surface area contributed by atoms with Crippen LogP contribution in [-0.2, 0) is 19.1 Å². The number of esters is 1. The van der Waals surface area contributed by atoms with E-state index in [9.17, 15) is 19.2 Å². The predicted octanol–water partition coefficient (Wildman–Crippen LogP) is 2.75. The zero-order chi connectivity index (χ0) is 23.6. The maximum Gasteiger partial charge on any atom is 0.326 e. The van der Waals surface area contributed by atoms with Gasteiger partial charge in [0.05, 0.1) is 0 Å². The molecule has 1 spiro atoms. The highest BCUT2D eigenvalue weighted by molar-refractivity contribution is 6.08. The molecule has 1 aliphatic heterocycles. The van der Waals surface area contributed by atoms with Crippen LogP contribution in [0.3, 0.4) is 0 Å². The number of rotatable bonds is 5. The lowest BCUT2D eigenvalue weighted by Crippen LogP contribution is -2.60. The molecule has 6 fully saturated rings. The van der Waals surface area contributed by atoms with Crippen LogP contribution in [0.15, 0.2) is 0 Å². The normalized spacial score (nSPS) is 40.8. The van der Waals surface area contributed by atoms with E-state index in [4.69, 9.17) is 4.74 Å². The van der Waals surface area contributed by atoms with Gasteiger partial charge in [0.25, 0.3) is 11.8 Å². The van der Waals surface area contributed by atoms with Gasteiger partial charge < -0.3 is 15.4 Å². The second kappa shape index (κ2) is 7.70. The Hall–Kier alpha value is -2.12. The quantitative estimate of drug-likeness (QED) is 0.486. The molecule has 0 aromatic carbocycles. The van der Waals surface area contributed by atoms with Gasteiger partial charge in [-0.25, -0.2) is 4.79 Å². The molecule has 6 rings (SSSR count). The molecular weight excluding hydrogens is 422 g/mol. The van der Waals surface area contributed by atoms with E-state index in [1.165, 1.54) is 19.3 Å². The summed E-state index contributed by atoms with van der Waals surface area (Å²) in [6.45, 7) is 5.44. The van der Waals surface area contributed by atoms with E-state index < -0.39 is 24.1 Å². The molecule has 6 aliphatic rings. The van der Waals surface area contributed by atoms with E-state index in [-0.39, 0.29) is 35.3 Å². The number of hydrogen-bond acceptors (Lipinski definition) is 5. The topological polar surface area (TPSA) is 105 Å². The van der Waals surface area contributed by atoms with Crippen LogP contribution >= 0.6 is 0 Å². The molecule has 0 aromatic heterocycles. The van der Waals surface area contributed by atoms with Gasteiger partial charge in [-0.1, -0.05) is 20.8 Å². The van der Waals surface area contributed by atoms with Crippen molar-refractivity contribution in [2.45, 2.75) is 89.6 Å². The van der Waals surface area contributed by atoms with Gasteiger partial charge >= 0.3 is 12.0 Å². The molecule has 8 heteroatoms. The molecule has 0 unspecified atom stereocenters.